The summed E-state index contributed by atoms with van der Waals surface area (Å²) >= 11 is 5.95. The highest BCUT2D eigenvalue weighted by Gasteiger charge is 2.14. The molecule has 6 heteroatoms. The predicted octanol–water partition coefficient (Wildman–Crippen LogP) is 2.25. The van der Waals surface area contributed by atoms with Crippen molar-refractivity contribution in [2.45, 2.75) is 19.8 Å². The van der Waals surface area contributed by atoms with Gasteiger partial charge in [0.1, 0.15) is 5.82 Å². The first-order valence-electron chi connectivity index (χ1n) is 5.82. The molecule has 100 valence electrons. The van der Waals surface area contributed by atoms with Gasteiger partial charge in [-0.05, 0) is 18.4 Å². The second-order valence-electron chi connectivity index (χ2n) is 3.99. The lowest BCUT2D eigenvalue weighted by molar-refractivity contribution is 0.0697. The van der Waals surface area contributed by atoms with E-state index in [0.29, 0.717) is 24.7 Å². The molecule has 0 saturated heterocycles. The number of carboxylic acids is 1. The van der Waals surface area contributed by atoms with E-state index >= 15 is 0 Å². The number of carboxylic acid groups (broad SMARTS) is 1. The van der Waals surface area contributed by atoms with Gasteiger partial charge in [-0.25, -0.2) is 9.78 Å². The first-order valence-corrected chi connectivity index (χ1v) is 6.20. The Kier molecular flexibility index (Phi) is 5.88. The highest BCUT2D eigenvalue weighted by Crippen LogP contribution is 2.24. The second kappa shape index (κ2) is 7.18. The molecular formula is C12H17ClN2O3. The summed E-state index contributed by atoms with van der Waals surface area (Å²) in [6, 6.07) is 1.36. The van der Waals surface area contributed by atoms with Crippen LogP contribution in [0.15, 0.2) is 12.3 Å². The molecule has 0 bridgehead atoms. The van der Waals surface area contributed by atoms with E-state index in [1.807, 2.05) is 6.92 Å². The van der Waals surface area contributed by atoms with Gasteiger partial charge in [-0.15, -0.1) is 0 Å². The minimum atomic E-state index is -1.08. The lowest BCUT2D eigenvalue weighted by Gasteiger charge is -2.15. The summed E-state index contributed by atoms with van der Waals surface area (Å²) in [4.78, 5) is 14.9. The van der Waals surface area contributed by atoms with Crippen molar-refractivity contribution >= 4 is 23.4 Å². The maximum Gasteiger partial charge on any atom is 0.337 e. The number of aliphatic hydroxyl groups excluding tert-OH is 1. The number of nitrogens with zero attached hydrogens (tertiary/aromatic N) is 1. The number of aromatic nitrogens is 1. The Hall–Kier alpha value is -1.33. The van der Waals surface area contributed by atoms with Gasteiger partial charge >= 0.3 is 5.97 Å². The number of halogens is 1. The molecule has 3 N–H and O–H groups in total. The Morgan fingerprint density at radius 3 is 2.89 bits per heavy atom. The molecule has 18 heavy (non-hydrogen) atoms. The van der Waals surface area contributed by atoms with E-state index in [2.05, 4.69) is 10.3 Å². The Balaban J connectivity index is 2.73. The van der Waals surface area contributed by atoms with Crippen LogP contribution in [0.1, 0.15) is 30.1 Å². The van der Waals surface area contributed by atoms with Gasteiger partial charge in [-0.2, -0.15) is 0 Å². The molecule has 1 aromatic rings. The van der Waals surface area contributed by atoms with Crippen LogP contribution < -0.4 is 5.32 Å². The second-order valence-corrected chi connectivity index (χ2v) is 4.37. The maximum absolute atomic E-state index is 10.9. The quantitative estimate of drug-likeness (QED) is 0.709. The highest BCUT2D eigenvalue weighted by molar-refractivity contribution is 6.35. The smallest absolute Gasteiger partial charge is 0.337 e. The number of hydrogen-bond donors (Lipinski definition) is 3. The first-order chi connectivity index (χ1) is 8.60. The normalized spacial score (nSPS) is 12.2. The molecule has 1 rings (SSSR count). The molecule has 0 aliphatic carbocycles. The summed E-state index contributed by atoms with van der Waals surface area (Å²) in [6.07, 6.45) is 3.02. The Morgan fingerprint density at radius 1 is 1.61 bits per heavy atom. The Morgan fingerprint density at radius 2 is 2.33 bits per heavy atom. The van der Waals surface area contributed by atoms with Crippen molar-refractivity contribution in [1.82, 2.24) is 4.98 Å². The molecule has 1 heterocycles. The first kappa shape index (κ1) is 14.7. The highest BCUT2D eigenvalue weighted by atomic mass is 35.5. The van der Waals surface area contributed by atoms with E-state index in [1.165, 1.54) is 12.3 Å². The molecule has 0 fully saturated rings. The minimum absolute atomic E-state index is 0.0318. The van der Waals surface area contributed by atoms with E-state index in [1.54, 1.807) is 0 Å². The van der Waals surface area contributed by atoms with E-state index in [9.17, 15) is 4.79 Å². The third-order valence-electron chi connectivity index (χ3n) is 2.79. The Bertz CT molecular complexity index is 412. The molecule has 0 saturated carbocycles. The van der Waals surface area contributed by atoms with Crippen molar-refractivity contribution in [2.75, 3.05) is 18.5 Å². The summed E-state index contributed by atoms with van der Waals surface area (Å²) in [7, 11) is 0. The molecule has 0 spiro atoms. The standard InChI is InChI=1S/C12H17ClN2O3/c1-2-8(4-6-16)7-15-11-10(13)9(12(17)18)3-5-14-11/h3,5,8,16H,2,4,6-7H2,1H3,(H,14,15)(H,17,18). The number of aromatic carboxylic acids is 1. The molecular weight excluding hydrogens is 256 g/mol. The number of anilines is 1. The van der Waals surface area contributed by atoms with Crippen LogP contribution in [0.5, 0.6) is 0 Å². The molecule has 1 unspecified atom stereocenters. The van der Waals surface area contributed by atoms with Gasteiger partial charge in [0.05, 0.1) is 10.6 Å². The van der Waals surface area contributed by atoms with Crippen LogP contribution in [0.25, 0.3) is 0 Å². The van der Waals surface area contributed by atoms with Crippen molar-refractivity contribution in [3.63, 3.8) is 0 Å². The van der Waals surface area contributed by atoms with E-state index in [-0.39, 0.29) is 17.2 Å². The molecule has 0 aromatic carbocycles. The van der Waals surface area contributed by atoms with Gasteiger partial charge in [0.2, 0.25) is 0 Å². The number of aliphatic hydroxyl groups is 1. The molecule has 0 aliphatic rings. The summed E-state index contributed by atoms with van der Waals surface area (Å²) in [6.45, 7) is 2.77. The molecule has 1 atom stereocenters. The fraction of sp³-hybridized carbons (Fsp3) is 0.500. The predicted molar refractivity (Wildman–Crippen MR) is 70.2 cm³/mol. The van der Waals surface area contributed by atoms with Gasteiger partial charge in [-0.1, -0.05) is 24.9 Å². The van der Waals surface area contributed by atoms with Crippen LogP contribution in [-0.4, -0.2) is 34.3 Å². The fourth-order valence-electron chi connectivity index (χ4n) is 1.61. The van der Waals surface area contributed by atoms with Gasteiger partial charge < -0.3 is 15.5 Å². The van der Waals surface area contributed by atoms with Crippen LogP contribution in [0.4, 0.5) is 5.82 Å². The monoisotopic (exact) mass is 272 g/mol. The number of pyridine rings is 1. The maximum atomic E-state index is 10.9. The van der Waals surface area contributed by atoms with Gasteiger partial charge in [0, 0.05) is 19.3 Å². The summed E-state index contributed by atoms with van der Waals surface area (Å²) < 4.78 is 0. The molecule has 0 amide bonds. The topological polar surface area (TPSA) is 82.5 Å². The fourth-order valence-corrected chi connectivity index (χ4v) is 1.87. The average Bonchev–Trinajstić information content (AvgIpc) is 2.35. The summed E-state index contributed by atoms with van der Waals surface area (Å²) in [5.74, 6) is -0.401. The molecule has 0 radical (unpaired) electrons. The Labute approximate surface area is 111 Å². The van der Waals surface area contributed by atoms with Gasteiger partial charge in [-0.3, -0.25) is 0 Å². The third kappa shape index (κ3) is 3.85. The third-order valence-corrected chi connectivity index (χ3v) is 3.18. The zero-order valence-corrected chi connectivity index (χ0v) is 10.9. The average molecular weight is 273 g/mol. The summed E-state index contributed by atoms with van der Waals surface area (Å²) in [5, 5.41) is 21.0. The SMILES string of the molecule is CCC(CCO)CNc1nccc(C(=O)O)c1Cl. The summed E-state index contributed by atoms with van der Waals surface area (Å²) in [5.41, 5.74) is 0.0318. The lowest BCUT2D eigenvalue weighted by Crippen LogP contribution is -2.16. The van der Waals surface area contributed by atoms with E-state index < -0.39 is 5.97 Å². The van der Waals surface area contributed by atoms with Crippen molar-refractivity contribution in [3.05, 3.63) is 22.8 Å². The number of carbonyl (C=O) groups is 1. The van der Waals surface area contributed by atoms with Gasteiger partial charge in [0.15, 0.2) is 0 Å². The number of nitrogens with one attached hydrogen (secondary N) is 1. The van der Waals surface area contributed by atoms with Crippen LogP contribution in [0, 0.1) is 5.92 Å². The molecule has 5 nitrogen and oxygen atoms in total. The van der Waals surface area contributed by atoms with Crippen LogP contribution in [-0.2, 0) is 0 Å². The number of rotatable bonds is 7. The van der Waals surface area contributed by atoms with Crippen molar-refractivity contribution < 1.29 is 15.0 Å². The van der Waals surface area contributed by atoms with Crippen LogP contribution in [0.2, 0.25) is 5.02 Å². The lowest BCUT2D eigenvalue weighted by atomic mass is 10.0. The van der Waals surface area contributed by atoms with Crippen molar-refractivity contribution in [3.8, 4) is 0 Å². The van der Waals surface area contributed by atoms with Crippen LogP contribution >= 0.6 is 11.6 Å². The molecule has 0 aliphatic heterocycles. The van der Waals surface area contributed by atoms with E-state index in [0.717, 1.165) is 6.42 Å². The zero-order chi connectivity index (χ0) is 13.5. The van der Waals surface area contributed by atoms with Crippen molar-refractivity contribution in [1.29, 1.82) is 0 Å². The van der Waals surface area contributed by atoms with Gasteiger partial charge in [0.25, 0.3) is 0 Å². The minimum Gasteiger partial charge on any atom is -0.478 e. The van der Waals surface area contributed by atoms with Crippen molar-refractivity contribution in [2.24, 2.45) is 5.92 Å². The number of hydrogen-bond acceptors (Lipinski definition) is 4. The largest absolute Gasteiger partial charge is 0.478 e. The van der Waals surface area contributed by atoms with Crippen LogP contribution in [0.3, 0.4) is 0 Å². The van der Waals surface area contributed by atoms with E-state index in [4.69, 9.17) is 21.8 Å². The molecule has 1 aromatic heterocycles. The zero-order valence-electron chi connectivity index (χ0n) is 10.2.